The number of rotatable bonds is 4. The summed E-state index contributed by atoms with van der Waals surface area (Å²) in [4.78, 5) is 11.6. The van der Waals surface area contributed by atoms with Crippen molar-refractivity contribution in [3.05, 3.63) is 28.2 Å². The summed E-state index contributed by atoms with van der Waals surface area (Å²) < 4.78 is 5.75. The van der Waals surface area contributed by atoms with Gasteiger partial charge in [-0.25, -0.2) is 4.79 Å². The Kier molecular flexibility index (Phi) is 4.76. The van der Waals surface area contributed by atoms with Gasteiger partial charge in [-0.05, 0) is 34.1 Å². The lowest BCUT2D eigenvalue weighted by Crippen LogP contribution is -2.14. The second-order valence-electron chi connectivity index (χ2n) is 3.62. The summed E-state index contributed by atoms with van der Waals surface area (Å²) in [6.07, 6.45) is 0. The van der Waals surface area contributed by atoms with Crippen molar-refractivity contribution in [3.8, 4) is 0 Å². The van der Waals surface area contributed by atoms with Crippen LogP contribution in [0.4, 0.5) is 5.69 Å². The van der Waals surface area contributed by atoms with Crippen LogP contribution in [-0.4, -0.2) is 24.3 Å². The molecule has 0 heterocycles. The van der Waals surface area contributed by atoms with Crippen molar-refractivity contribution < 1.29 is 14.6 Å². The molecule has 0 aliphatic carbocycles. The first kappa shape index (κ1) is 13.0. The highest BCUT2D eigenvalue weighted by molar-refractivity contribution is 9.10. The van der Waals surface area contributed by atoms with Gasteiger partial charge < -0.3 is 15.6 Å². The lowest BCUT2D eigenvalue weighted by Gasteiger charge is -2.09. The van der Waals surface area contributed by atoms with E-state index in [0.29, 0.717) is 11.3 Å². The Morgan fingerprint density at radius 2 is 2.31 bits per heavy atom. The van der Waals surface area contributed by atoms with Gasteiger partial charge >= 0.3 is 5.97 Å². The summed E-state index contributed by atoms with van der Waals surface area (Å²) in [5.74, 6) is -0.490. The van der Waals surface area contributed by atoms with E-state index in [9.17, 15) is 4.79 Å². The zero-order valence-corrected chi connectivity index (χ0v) is 10.5. The first-order valence-corrected chi connectivity index (χ1v) is 5.67. The molecule has 16 heavy (non-hydrogen) atoms. The summed E-state index contributed by atoms with van der Waals surface area (Å²) in [5, 5.41) is 8.78. The van der Waals surface area contributed by atoms with Crippen molar-refractivity contribution in [3.63, 3.8) is 0 Å². The van der Waals surface area contributed by atoms with Gasteiger partial charge in [-0.2, -0.15) is 0 Å². The summed E-state index contributed by atoms with van der Waals surface area (Å²) in [6, 6.07) is 4.88. The molecule has 88 valence electrons. The lowest BCUT2D eigenvalue weighted by atomic mass is 10.2. The number of aliphatic hydroxyl groups is 1. The zero-order chi connectivity index (χ0) is 12.1. The van der Waals surface area contributed by atoms with Gasteiger partial charge in [0.2, 0.25) is 0 Å². The molecule has 1 aromatic carbocycles. The molecule has 0 fully saturated rings. The maximum atomic E-state index is 11.6. The molecule has 5 heteroatoms. The summed E-state index contributed by atoms with van der Waals surface area (Å²) >= 11 is 3.24. The van der Waals surface area contributed by atoms with E-state index in [1.807, 2.05) is 0 Å². The van der Waals surface area contributed by atoms with Crippen LogP contribution in [0.15, 0.2) is 22.7 Å². The number of hydrogen-bond acceptors (Lipinski definition) is 4. The smallest absolute Gasteiger partial charge is 0.338 e. The molecule has 0 bridgehead atoms. The van der Waals surface area contributed by atoms with E-state index in [4.69, 9.17) is 15.6 Å². The van der Waals surface area contributed by atoms with Gasteiger partial charge in [-0.3, -0.25) is 0 Å². The minimum atomic E-state index is -0.431. The van der Waals surface area contributed by atoms with Crippen molar-refractivity contribution >= 4 is 27.6 Å². The normalized spacial score (nSPS) is 12.2. The monoisotopic (exact) mass is 287 g/mol. The molecule has 1 unspecified atom stereocenters. The lowest BCUT2D eigenvalue weighted by molar-refractivity contribution is 0.0405. The van der Waals surface area contributed by atoms with Crippen LogP contribution in [0.5, 0.6) is 0 Å². The van der Waals surface area contributed by atoms with Crippen molar-refractivity contribution in [2.75, 3.05) is 18.9 Å². The number of esters is 1. The van der Waals surface area contributed by atoms with E-state index in [0.717, 1.165) is 4.47 Å². The van der Waals surface area contributed by atoms with Crippen LogP contribution < -0.4 is 5.73 Å². The quantitative estimate of drug-likeness (QED) is 0.654. The molecule has 1 aromatic rings. The minimum Gasteiger partial charge on any atom is -0.462 e. The second kappa shape index (κ2) is 5.86. The topological polar surface area (TPSA) is 72.5 Å². The molecule has 0 spiro atoms. The largest absolute Gasteiger partial charge is 0.462 e. The van der Waals surface area contributed by atoms with E-state index in [1.54, 1.807) is 25.1 Å². The number of benzene rings is 1. The standard InChI is InChI=1S/C11H14BrNO3/c1-7(5-14)6-16-11(15)8-2-3-9(12)10(13)4-8/h2-4,7,14H,5-6,13H2,1H3. The summed E-state index contributed by atoms with van der Waals surface area (Å²) in [5.41, 5.74) is 6.54. The highest BCUT2D eigenvalue weighted by Crippen LogP contribution is 2.20. The predicted molar refractivity (Wildman–Crippen MR) is 65.1 cm³/mol. The number of nitrogens with two attached hydrogens (primary N) is 1. The maximum absolute atomic E-state index is 11.6. The molecule has 0 aliphatic heterocycles. The van der Waals surface area contributed by atoms with Gasteiger partial charge in [-0.1, -0.05) is 6.92 Å². The molecule has 1 atom stereocenters. The average molecular weight is 288 g/mol. The Morgan fingerprint density at radius 1 is 1.62 bits per heavy atom. The molecule has 0 saturated carbocycles. The van der Waals surface area contributed by atoms with Crippen LogP contribution in [-0.2, 0) is 4.74 Å². The number of carbonyl (C=O) groups excluding carboxylic acids is 1. The summed E-state index contributed by atoms with van der Waals surface area (Å²) in [6.45, 7) is 1.99. The van der Waals surface area contributed by atoms with Crippen LogP contribution in [0.1, 0.15) is 17.3 Å². The third-order valence-corrected chi connectivity index (χ3v) is 2.76. The fraction of sp³-hybridized carbons (Fsp3) is 0.364. The predicted octanol–water partition coefficient (Wildman–Crippen LogP) is 1.82. The number of aliphatic hydroxyl groups excluding tert-OH is 1. The molecular formula is C11H14BrNO3. The van der Waals surface area contributed by atoms with Gasteiger partial charge in [0.1, 0.15) is 0 Å². The molecule has 4 nitrogen and oxygen atoms in total. The number of halogens is 1. The zero-order valence-electron chi connectivity index (χ0n) is 8.94. The van der Waals surface area contributed by atoms with Crippen molar-refractivity contribution in [2.45, 2.75) is 6.92 Å². The van der Waals surface area contributed by atoms with Gasteiger partial charge in [0.25, 0.3) is 0 Å². The SMILES string of the molecule is CC(CO)COC(=O)c1ccc(Br)c(N)c1. The Morgan fingerprint density at radius 3 is 2.88 bits per heavy atom. The van der Waals surface area contributed by atoms with E-state index in [-0.39, 0.29) is 19.1 Å². The number of anilines is 1. The Balaban J connectivity index is 2.63. The molecule has 0 aromatic heterocycles. The first-order chi connectivity index (χ1) is 7.54. The van der Waals surface area contributed by atoms with E-state index in [2.05, 4.69) is 15.9 Å². The Bertz CT molecular complexity index is 381. The highest BCUT2D eigenvalue weighted by atomic mass is 79.9. The highest BCUT2D eigenvalue weighted by Gasteiger charge is 2.10. The molecule has 0 saturated heterocycles. The van der Waals surface area contributed by atoms with E-state index in [1.165, 1.54) is 0 Å². The first-order valence-electron chi connectivity index (χ1n) is 4.87. The van der Waals surface area contributed by atoms with Gasteiger partial charge in [0.15, 0.2) is 0 Å². The van der Waals surface area contributed by atoms with Crippen molar-refractivity contribution in [2.24, 2.45) is 5.92 Å². The molecule has 0 amide bonds. The third-order valence-electron chi connectivity index (χ3n) is 2.04. The van der Waals surface area contributed by atoms with E-state index < -0.39 is 5.97 Å². The van der Waals surface area contributed by atoms with E-state index >= 15 is 0 Å². The van der Waals surface area contributed by atoms with Crippen LogP contribution in [0.2, 0.25) is 0 Å². The van der Waals surface area contributed by atoms with Crippen molar-refractivity contribution in [1.29, 1.82) is 0 Å². The third kappa shape index (κ3) is 3.50. The number of nitrogen functional groups attached to an aromatic ring is 1. The van der Waals surface area contributed by atoms with Crippen LogP contribution in [0, 0.1) is 5.92 Å². The second-order valence-corrected chi connectivity index (χ2v) is 4.48. The van der Waals surface area contributed by atoms with Crippen LogP contribution in [0.3, 0.4) is 0 Å². The van der Waals surface area contributed by atoms with Gasteiger partial charge in [-0.15, -0.1) is 0 Å². The number of carbonyl (C=O) groups is 1. The van der Waals surface area contributed by atoms with Gasteiger partial charge in [0, 0.05) is 22.7 Å². The average Bonchev–Trinajstić information content (AvgIpc) is 2.29. The molecule has 0 radical (unpaired) electrons. The number of hydrogen-bond donors (Lipinski definition) is 2. The molecule has 0 aliphatic rings. The van der Waals surface area contributed by atoms with Crippen molar-refractivity contribution in [1.82, 2.24) is 0 Å². The molecule has 1 rings (SSSR count). The number of ether oxygens (including phenoxy) is 1. The molecular weight excluding hydrogens is 274 g/mol. The van der Waals surface area contributed by atoms with Gasteiger partial charge in [0.05, 0.1) is 12.2 Å². The minimum absolute atomic E-state index is 0.00421. The fourth-order valence-electron chi connectivity index (χ4n) is 1.02. The van der Waals surface area contributed by atoms with Crippen LogP contribution in [0.25, 0.3) is 0 Å². The maximum Gasteiger partial charge on any atom is 0.338 e. The Labute approximate surface area is 103 Å². The Hall–Kier alpha value is -1.07. The molecule has 3 N–H and O–H groups in total. The summed E-state index contributed by atoms with van der Waals surface area (Å²) in [7, 11) is 0. The van der Waals surface area contributed by atoms with Crippen LogP contribution >= 0.6 is 15.9 Å². The fourth-order valence-corrected chi connectivity index (χ4v) is 1.27.